The molecular formula is C16H25N3O2. The van der Waals surface area contributed by atoms with E-state index in [1.54, 1.807) is 25.6 Å². The van der Waals surface area contributed by atoms with E-state index in [-0.39, 0.29) is 5.91 Å². The van der Waals surface area contributed by atoms with E-state index in [1.165, 1.54) is 6.42 Å². The third-order valence-corrected chi connectivity index (χ3v) is 3.71. The van der Waals surface area contributed by atoms with Crippen LogP contribution in [-0.4, -0.2) is 48.6 Å². The zero-order chi connectivity index (χ0) is 15.2. The van der Waals surface area contributed by atoms with Crippen LogP contribution in [0.4, 0.5) is 0 Å². The standard InChI is InChI=1S/C16H25N3O2/c1-12(2)10-19(11-13-5-4-7-18-13)16(20)14-6-8-17-9-15(14)21-3/h6,8-9,12-13,18H,4-5,7,10-11H2,1-3H3. The van der Waals surface area contributed by atoms with E-state index < -0.39 is 0 Å². The quantitative estimate of drug-likeness (QED) is 0.870. The molecule has 2 heterocycles. The van der Waals surface area contributed by atoms with E-state index in [0.29, 0.717) is 23.3 Å². The smallest absolute Gasteiger partial charge is 0.257 e. The number of pyridine rings is 1. The molecule has 1 aliphatic heterocycles. The number of rotatable bonds is 6. The van der Waals surface area contributed by atoms with Crippen molar-refractivity contribution in [3.8, 4) is 5.75 Å². The van der Waals surface area contributed by atoms with Crippen LogP contribution in [0.25, 0.3) is 0 Å². The van der Waals surface area contributed by atoms with Crippen molar-refractivity contribution in [2.75, 3.05) is 26.7 Å². The number of methoxy groups -OCH3 is 1. The van der Waals surface area contributed by atoms with Crippen molar-refractivity contribution in [3.05, 3.63) is 24.0 Å². The minimum atomic E-state index is 0.0247. The summed E-state index contributed by atoms with van der Waals surface area (Å²) < 4.78 is 5.27. The van der Waals surface area contributed by atoms with Crippen LogP contribution in [0.5, 0.6) is 5.75 Å². The molecule has 0 spiro atoms. The molecule has 1 unspecified atom stereocenters. The largest absolute Gasteiger partial charge is 0.494 e. The summed E-state index contributed by atoms with van der Waals surface area (Å²) in [5, 5.41) is 3.46. The molecule has 0 radical (unpaired) electrons. The molecule has 0 saturated carbocycles. The average molecular weight is 291 g/mol. The number of ether oxygens (including phenoxy) is 1. The fourth-order valence-electron chi connectivity index (χ4n) is 2.75. The van der Waals surface area contributed by atoms with Crippen molar-refractivity contribution in [3.63, 3.8) is 0 Å². The highest BCUT2D eigenvalue weighted by atomic mass is 16.5. The predicted molar refractivity (Wildman–Crippen MR) is 82.6 cm³/mol. The minimum Gasteiger partial charge on any atom is -0.494 e. The zero-order valence-electron chi connectivity index (χ0n) is 13.1. The average Bonchev–Trinajstić information content (AvgIpc) is 2.98. The first-order chi connectivity index (χ1) is 10.1. The number of carbonyl (C=O) groups excluding carboxylic acids is 1. The molecule has 1 N–H and O–H groups in total. The molecule has 2 rings (SSSR count). The monoisotopic (exact) mass is 291 g/mol. The van der Waals surface area contributed by atoms with Crippen LogP contribution in [-0.2, 0) is 0 Å². The van der Waals surface area contributed by atoms with Gasteiger partial charge in [0.15, 0.2) is 0 Å². The topological polar surface area (TPSA) is 54.5 Å². The van der Waals surface area contributed by atoms with E-state index in [2.05, 4.69) is 24.1 Å². The Bertz CT molecular complexity index is 470. The summed E-state index contributed by atoms with van der Waals surface area (Å²) in [6, 6.07) is 2.14. The molecule has 1 aliphatic rings. The van der Waals surface area contributed by atoms with Crippen LogP contribution < -0.4 is 10.1 Å². The summed E-state index contributed by atoms with van der Waals surface area (Å²) in [6.45, 7) is 6.82. The van der Waals surface area contributed by atoms with Gasteiger partial charge in [0, 0.05) is 25.3 Å². The highest BCUT2D eigenvalue weighted by Gasteiger charge is 2.24. The van der Waals surface area contributed by atoms with Crippen LogP contribution in [0, 0.1) is 5.92 Å². The van der Waals surface area contributed by atoms with Crippen LogP contribution in [0.15, 0.2) is 18.5 Å². The van der Waals surface area contributed by atoms with E-state index in [4.69, 9.17) is 4.74 Å². The fraction of sp³-hybridized carbons (Fsp3) is 0.625. The SMILES string of the molecule is COc1cnccc1C(=O)N(CC(C)C)CC1CCCN1. The third-order valence-electron chi connectivity index (χ3n) is 3.71. The number of amides is 1. The Morgan fingerprint density at radius 1 is 1.57 bits per heavy atom. The second-order valence-electron chi connectivity index (χ2n) is 5.97. The van der Waals surface area contributed by atoms with Gasteiger partial charge in [-0.15, -0.1) is 0 Å². The molecule has 0 aliphatic carbocycles. The number of nitrogens with zero attached hydrogens (tertiary/aromatic N) is 2. The van der Waals surface area contributed by atoms with Gasteiger partial charge in [0.05, 0.1) is 18.9 Å². The summed E-state index contributed by atoms with van der Waals surface area (Å²) >= 11 is 0. The summed E-state index contributed by atoms with van der Waals surface area (Å²) in [5.41, 5.74) is 0.589. The Morgan fingerprint density at radius 3 is 3.00 bits per heavy atom. The molecule has 116 valence electrons. The number of nitrogens with one attached hydrogen (secondary N) is 1. The Hall–Kier alpha value is -1.62. The number of aromatic nitrogens is 1. The molecule has 1 fully saturated rings. The molecule has 5 nitrogen and oxygen atoms in total. The lowest BCUT2D eigenvalue weighted by molar-refractivity contribution is 0.0717. The molecular weight excluding hydrogens is 266 g/mol. The van der Waals surface area contributed by atoms with Gasteiger partial charge in [0.25, 0.3) is 5.91 Å². The maximum atomic E-state index is 12.8. The highest BCUT2D eigenvalue weighted by Crippen LogP contribution is 2.19. The highest BCUT2D eigenvalue weighted by molar-refractivity contribution is 5.96. The molecule has 1 saturated heterocycles. The molecule has 0 aromatic carbocycles. The van der Waals surface area contributed by atoms with Gasteiger partial charge in [-0.25, -0.2) is 0 Å². The first-order valence-electron chi connectivity index (χ1n) is 7.62. The molecule has 5 heteroatoms. The van der Waals surface area contributed by atoms with Crippen molar-refractivity contribution in [1.29, 1.82) is 0 Å². The van der Waals surface area contributed by atoms with Gasteiger partial charge in [-0.05, 0) is 31.4 Å². The Morgan fingerprint density at radius 2 is 2.38 bits per heavy atom. The first kappa shape index (κ1) is 15.8. The van der Waals surface area contributed by atoms with Gasteiger partial charge >= 0.3 is 0 Å². The van der Waals surface area contributed by atoms with Crippen LogP contribution >= 0.6 is 0 Å². The van der Waals surface area contributed by atoms with Crippen LogP contribution in [0.1, 0.15) is 37.0 Å². The van der Waals surface area contributed by atoms with E-state index in [9.17, 15) is 4.79 Å². The van der Waals surface area contributed by atoms with Gasteiger partial charge in [0.1, 0.15) is 5.75 Å². The van der Waals surface area contributed by atoms with Crippen LogP contribution in [0.2, 0.25) is 0 Å². The lowest BCUT2D eigenvalue weighted by Crippen LogP contribution is -2.43. The third kappa shape index (κ3) is 4.17. The van der Waals surface area contributed by atoms with Gasteiger partial charge in [-0.3, -0.25) is 9.78 Å². The number of hydrogen-bond donors (Lipinski definition) is 1. The molecule has 1 aromatic heterocycles. The van der Waals surface area contributed by atoms with Gasteiger partial charge in [-0.2, -0.15) is 0 Å². The Labute approximate surface area is 126 Å². The van der Waals surface area contributed by atoms with Gasteiger partial charge in [-0.1, -0.05) is 13.8 Å². The maximum Gasteiger partial charge on any atom is 0.257 e. The number of hydrogen-bond acceptors (Lipinski definition) is 4. The Kier molecular flexibility index (Phi) is 5.56. The van der Waals surface area contributed by atoms with Crippen molar-refractivity contribution in [1.82, 2.24) is 15.2 Å². The van der Waals surface area contributed by atoms with E-state index in [1.807, 2.05) is 4.90 Å². The summed E-state index contributed by atoms with van der Waals surface area (Å²) in [5.74, 6) is 0.996. The van der Waals surface area contributed by atoms with E-state index in [0.717, 1.165) is 26.1 Å². The molecule has 1 aromatic rings. The second-order valence-corrected chi connectivity index (χ2v) is 5.97. The Balaban J connectivity index is 2.16. The second kappa shape index (κ2) is 7.41. The fourth-order valence-corrected chi connectivity index (χ4v) is 2.75. The lowest BCUT2D eigenvalue weighted by Gasteiger charge is -2.28. The maximum absolute atomic E-state index is 12.8. The molecule has 21 heavy (non-hydrogen) atoms. The molecule has 1 atom stereocenters. The zero-order valence-corrected chi connectivity index (χ0v) is 13.1. The lowest BCUT2D eigenvalue weighted by atomic mass is 10.1. The van der Waals surface area contributed by atoms with Crippen molar-refractivity contribution in [2.24, 2.45) is 5.92 Å². The number of carbonyl (C=O) groups is 1. The first-order valence-corrected chi connectivity index (χ1v) is 7.62. The van der Waals surface area contributed by atoms with Gasteiger partial charge < -0.3 is 15.0 Å². The molecule has 0 bridgehead atoms. The summed E-state index contributed by atoms with van der Waals surface area (Å²) in [4.78, 5) is 18.8. The van der Waals surface area contributed by atoms with E-state index >= 15 is 0 Å². The normalized spacial score (nSPS) is 18.0. The summed E-state index contributed by atoms with van der Waals surface area (Å²) in [7, 11) is 1.57. The molecule has 1 amide bonds. The van der Waals surface area contributed by atoms with Gasteiger partial charge in [0.2, 0.25) is 0 Å². The predicted octanol–water partition coefficient (Wildman–Crippen LogP) is 1.94. The van der Waals surface area contributed by atoms with Crippen molar-refractivity contribution < 1.29 is 9.53 Å². The summed E-state index contributed by atoms with van der Waals surface area (Å²) in [6.07, 6.45) is 5.55. The van der Waals surface area contributed by atoms with Crippen molar-refractivity contribution >= 4 is 5.91 Å². The van der Waals surface area contributed by atoms with Crippen LogP contribution in [0.3, 0.4) is 0 Å². The minimum absolute atomic E-state index is 0.0247. The van der Waals surface area contributed by atoms with Crippen molar-refractivity contribution in [2.45, 2.75) is 32.7 Å².